The number of rotatable bonds is 6. The van der Waals surface area contributed by atoms with Crippen LogP contribution in [0.1, 0.15) is 23.1 Å². The van der Waals surface area contributed by atoms with Gasteiger partial charge in [-0.25, -0.2) is 14.0 Å². The molecule has 170 valence electrons. The van der Waals surface area contributed by atoms with Gasteiger partial charge in [-0.15, -0.1) is 0 Å². The lowest BCUT2D eigenvalue weighted by molar-refractivity contribution is 0.192. The maximum absolute atomic E-state index is 14.1. The van der Waals surface area contributed by atoms with Crippen LogP contribution < -0.4 is 15.5 Å². The minimum Gasteiger partial charge on any atom is -0.334 e. The first kappa shape index (κ1) is 22.3. The van der Waals surface area contributed by atoms with Crippen LogP contribution in [0, 0.1) is 12.7 Å². The molecule has 7 heteroatoms. The molecule has 0 aliphatic carbocycles. The lowest BCUT2D eigenvalue weighted by atomic mass is 10.1. The van der Waals surface area contributed by atoms with Gasteiger partial charge in [-0.3, -0.25) is 4.90 Å². The number of aryl methyl sites for hydroxylation is 1. The van der Waals surface area contributed by atoms with Crippen LogP contribution in [0.4, 0.5) is 25.4 Å². The molecule has 0 bridgehead atoms. The Kier molecular flexibility index (Phi) is 6.88. The molecule has 4 rings (SSSR count). The average Bonchev–Trinajstić information content (AvgIpc) is 2.82. The summed E-state index contributed by atoms with van der Waals surface area (Å²) in [6, 6.07) is 21.2. The van der Waals surface area contributed by atoms with E-state index >= 15 is 0 Å². The van der Waals surface area contributed by atoms with E-state index in [1.165, 1.54) is 6.07 Å². The second kappa shape index (κ2) is 10.2. The number of hydrogen-bond acceptors (Lipinski definition) is 2. The van der Waals surface area contributed by atoms with E-state index in [0.717, 1.165) is 17.5 Å². The van der Waals surface area contributed by atoms with E-state index in [4.69, 9.17) is 0 Å². The van der Waals surface area contributed by atoms with Gasteiger partial charge in [-0.2, -0.15) is 0 Å². The van der Waals surface area contributed by atoms with Gasteiger partial charge in [0.15, 0.2) is 0 Å². The second-order valence-electron chi connectivity index (χ2n) is 8.11. The summed E-state index contributed by atoms with van der Waals surface area (Å²) in [5, 5.41) is 5.74. The van der Waals surface area contributed by atoms with Crippen molar-refractivity contribution in [2.24, 2.45) is 0 Å². The summed E-state index contributed by atoms with van der Waals surface area (Å²) in [7, 11) is 0. The Morgan fingerprint density at radius 3 is 2.55 bits per heavy atom. The van der Waals surface area contributed by atoms with Crippen molar-refractivity contribution in [3.05, 3.63) is 95.3 Å². The van der Waals surface area contributed by atoms with Crippen LogP contribution in [-0.2, 0) is 13.1 Å². The molecule has 1 saturated heterocycles. The zero-order valence-electron chi connectivity index (χ0n) is 18.6. The Morgan fingerprint density at radius 1 is 1.00 bits per heavy atom. The highest BCUT2D eigenvalue weighted by Gasteiger charge is 2.29. The zero-order valence-corrected chi connectivity index (χ0v) is 18.6. The van der Waals surface area contributed by atoms with E-state index in [1.54, 1.807) is 28.0 Å². The molecule has 4 amide bonds. The minimum absolute atomic E-state index is 0.203. The SMILES string of the molecule is Cc1ccc(N2CCCN(Cc3ccccc3F)C2=O)c(NC(=O)NCc2ccccc2)c1. The fourth-order valence-electron chi connectivity index (χ4n) is 3.91. The first-order valence-corrected chi connectivity index (χ1v) is 11.0. The topological polar surface area (TPSA) is 64.7 Å². The number of carbonyl (C=O) groups is 2. The molecule has 0 spiro atoms. The van der Waals surface area contributed by atoms with Crippen LogP contribution in [0.15, 0.2) is 72.8 Å². The zero-order chi connectivity index (χ0) is 23.2. The van der Waals surface area contributed by atoms with Crippen LogP contribution in [0.5, 0.6) is 0 Å². The Morgan fingerprint density at radius 2 is 1.76 bits per heavy atom. The summed E-state index contributed by atoms with van der Waals surface area (Å²) in [5.74, 6) is -0.324. The lowest BCUT2D eigenvalue weighted by Crippen LogP contribution is -2.49. The highest BCUT2D eigenvalue weighted by molar-refractivity contribution is 6.00. The second-order valence-corrected chi connectivity index (χ2v) is 8.11. The van der Waals surface area contributed by atoms with E-state index in [-0.39, 0.29) is 24.4 Å². The Labute approximate surface area is 193 Å². The molecule has 6 nitrogen and oxygen atoms in total. The number of benzene rings is 3. The van der Waals surface area contributed by atoms with E-state index in [2.05, 4.69) is 10.6 Å². The fraction of sp³-hybridized carbons (Fsp3) is 0.231. The van der Waals surface area contributed by atoms with Gasteiger partial charge < -0.3 is 15.5 Å². The normalized spacial score (nSPS) is 13.7. The van der Waals surface area contributed by atoms with E-state index < -0.39 is 0 Å². The smallest absolute Gasteiger partial charge is 0.324 e. The number of anilines is 2. The number of amides is 4. The van der Waals surface area contributed by atoms with Crippen molar-refractivity contribution in [3.63, 3.8) is 0 Å². The first-order chi connectivity index (χ1) is 16.0. The molecule has 1 fully saturated rings. The molecule has 33 heavy (non-hydrogen) atoms. The molecule has 0 unspecified atom stereocenters. The van der Waals surface area contributed by atoms with Crippen molar-refractivity contribution in [2.45, 2.75) is 26.4 Å². The van der Waals surface area contributed by atoms with Gasteiger partial charge in [0.1, 0.15) is 5.82 Å². The van der Waals surface area contributed by atoms with Crippen LogP contribution in [0.25, 0.3) is 0 Å². The molecule has 0 atom stereocenters. The predicted octanol–water partition coefficient (Wildman–Crippen LogP) is 5.29. The van der Waals surface area contributed by atoms with Gasteiger partial charge in [0.05, 0.1) is 17.9 Å². The molecule has 1 aliphatic heterocycles. The van der Waals surface area contributed by atoms with E-state index in [0.29, 0.717) is 36.6 Å². The van der Waals surface area contributed by atoms with Gasteiger partial charge in [0.25, 0.3) is 0 Å². The number of hydrogen-bond donors (Lipinski definition) is 2. The third-order valence-electron chi connectivity index (χ3n) is 5.62. The van der Waals surface area contributed by atoms with Gasteiger partial charge in [0, 0.05) is 25.2 Å². The number of nitrogens with one attached hydrogen (secondary N) is 2. The largest absolute Gasteiger partial charge is 0.334 e. The summed E-state index contributed by atoms with van der Waals surface area (Å²) in [6.07, 6.45) is 0.744. The van der Waals surface area contributed by atoms with E-state index in [9.17, 15) is 14.0 Å². The molecular formula is C26H27FN4O2. The van der Waals surface area contributed by atoms with Gasteiger partial charge in [-0.1, -0.05) is 54.6 Å². The highest BCUT2D eigenvalue weighted by Crippen LogP contribution is 2.30. The van der Waals surface area contributed by atoms with Crippen molar-refractivity contribution in [3.8, 4) is 0 Å². The van der Waals surface area contributed by atoms with Crippen LogP contribution in [0.2, 0.25) is 0 Å². The summed E-state index contributed by atoms with van der Waals surface area (Å²) in [6.45, 7) is 3.60. The Bertz CT molecular complexity index is 1140. The lowest BCUT2D eigenvalue weighted by Gasteiger charge is -2.36. The molecule has 1 aliphatic rings. The van der Waals surface area contributed by atoms with Gasteiger partial charge in [0.2, 0.25) is 0 Å². The molecule has 0 saturated carbocycles. The molecule has 0 radical (unpaired) electrons. The molecular weight excluding hydrogens is 419 g/mol. The van der Waals surface area contributed by atoms with E-state index in [1.807, 2.05) is 55.5 Å². The van der Waals surface area contributed by atoms with Crippen molar-refractivity contribution >= 4 is 23.4 Å². The van der Waals surface area contributed by atoms with Gasteiger partial charge in [-0.05, 0) is 42.7 Å². The number of carbonyl (C=O) groups excluding carboxylic acids is 2. The van der Waals surface area contributed by atoms with Crippen LogP contribution in [-0.4, -0.2) is 30.1 Å². The van der Waals surface area contributed by atoms with Crippen molar-refractivity contribution in [2.75, 3.05) is 23.3 Å². The van der Waals surface area contributed by atoms with Crippen LogP contribution in [0.3, 0.4) is 0 Å². The number of nitrogens with zero attached hydrogens (tertiary/aromatic N) is 2. The average molecular weight is 447 g/mol. The summed E-state index contributed by atoms with van der Waals surface area (Å²) in [5.41, 5.74) is 3.62. The van der Waals surface area contributed by atoms with Crippen molar-refractivity contribution in [1.82, 2.24) is 10.2 Å². The third-order valence-corrected chi connectivity index (χ3v) is 5.62. The molecule has 2 N–H and O–H groups in total. The van der Waals surface area contributed by atoms with Crippen LogP contribution >= 0.6 is 0 Å². The quantitative estimate of drug-likeness (QED) is 0.541. The maximum Gasteiger partial charge on any atom is 0.324 e. The monoisotopic (exact) mass is 446 g/mol. The third kappa shape index (κ3) is 5.49. The molecule has 3 aromatic carbocycles. The summed E-state index contributed by atoms with van der Waals surface area (Å²) in [4.78, 5) is 29.1. The van der Waals surface area contributed by atoms with Gasteiger partial charge >= 0.3 is 12.1 Å². The Balaban J connectivity index is 1.49. The number of halogens is 1. The maximum atomic E-state index is 14.1. The standard InChI is InChI=1S/C26H27FN4O2/c1-19-12-13-24(23(16-19)29-25(32)28-17-20-8-3-2-4-9-20)31-15-7-14-30(26(31)33)18-21-10-5-6-11-22(21)27/h2-6,8-13,16H,7,14-15,17-18H2,1H3,(H2,28,29,32). The molecule has 3 aromatic rings. The predicted molar refractivity (Wildman–Crippen MR) is 128 cm³/mol. The molecule has 0 aromatic heterocycles. The highest BCUT2D eigenvalue weighted by atomic mass is 19.1. The Hall–Kier alpha value is -3.87. The summed E-state index contributed by atoms with van der Waals surface area (Å²) < 4.78 is 14.1. The van der Waals surface area contributed by atoms with Crippen molar-refractivity contribution in [1.29, 1.82) is 0 Å². The fourth-order valence-corrected chi connectivity index (χ4v) is 3.91. The minimum atomic E-state index is -0.349. The summed E-state index contributed by atoms with van der Waals surface area (Å²) >= 11 is 0. The first-order valence-electron chi connectivity index (χ1n) is 11.0. The number of urea groups is 2. The molecule has 1 heterocycles. The van der Waals surface area contributed by atoms with Crippen molar-refractivity contribution < 1.29 is 14.0 Å².